The van der Waals surface area contributed by atoms with Crippen molar-refractivity contribution < 1.29 is 22.7 Å². The molecule has 8 heteroatoms. The standard InChI is InChI=1S/C24H30N2O5S/c1-18-11-13-21(14-12-18)26(2)23(27)17-31-24(28)20-9-6-10-22(15-20)32(29,30)25-16-19-7-4-3-5-8-19/h3-10,15,18,21,25H,11-14,16-17H2,1-2H3. The summed E-state index contributed by atoms with van der Waals surface area (Å²) in [5, 5.41) is 0. The van der Waals surface area contributed by atoms with E-state index < -0.39 is 16.0 Å². The Bertz CT molecular complexity index is 1030. The average molecular weight is 459 g/mol. The highest BCUT2D eigenvalue weighted by Gasteiger charge is 2.25. The van der Waals surface area contributed by atoms with Gasteiger partial charge in [0.1, 0.15) is 0 Å². The zero-order chi connectivity index (χ0) is 23.1. The van der Waals surface area contributed by atoms with Crippen LogP contribution in [0, 0.1) is 5.92 Å². The van der Waals surface area contributed by atoms with E-state index in [4.69, 9.17) is 4.74 Å². The third kappa shape index (κ3) is 6.40. The molecule has 2 aromatic rings. The van der Waals surface area contributed by atoms with Gasteiger partial charge < -0.3 is 9.64 Å². The summed E-state index contributed by atoms with van der Waals surface area (Å²) in [6.07, 6.45) is 4.07. The molecule has 1 N–H and O–H groups in total. The molecule has 0 heterocycles. The predicted molar refractivity (Wildman–Crippen MR) is 121 cm³/mol. The molecule has 0 spiro atoms. The first-order chi connectivity index (χ1) is 15.3. The van der Waals surface area contributed by atoms with Gasteiger partial charge in [0.2, 0.25) is 10.0 Å². The number of esters is 1. The molecule has 1 saturated carbocycles. The van der Waals surface area contributed by atoms with Crippen LogP contribution in [0.15, 0.2) is 59.5 Å². The summed E-state index contributed by atoms with van der Waals surface area (Å²) in [5.41, 5.74) is 0.899. The van der Waals surface area contributed by atoms with Gasteiger partial charge in [0, 0.05) is 19.6 Å². The molecular formula is C24H30N2O5S. The Kier molecular flexibility index (Phi) is 8.04. The number of nitrogens with zero attached hydrogens (tertiary/aromatic N) is 1. The number of carbonyl (C=O) groups excluding carboxylic acids is 2. The van der Waals surface area contributed by atoms with E-state index in [2.05, 4.69) is 11.6 Å². The maximum Gasteiger partial charge on any atom is 0.338 e. The number of benzene rings is 2. The zero-order valence-corrected chi connectivity index (χ0v) is 19.3. The molecule has 0 unspecified atom stereocenters. The van der Waals surface area contributed by atoms with E-state index in [1.165, 1.54) is 24.3 Å². The monoisotopic (exact) mass is 458 g/mol. The van der Waals surface area contributed by atoms with Crippen molar-refractivity contribution in [2.45, 2.75) is 50.1 Å². The van der Waals surface area contributed by atoms with E-state index in [1.54, 1.807) is 11.9 Å². The van der Waals surface area contributed by atoms with Crippen LogP contribution in [0.3, 0.4) is 0 Å². The molecule has 32 heavy (non-hydrogen) atoms. The van der Waals surface area contributed by atoms with Gasteiger partial charge in [-0.2, -0.15) is 0 Å². The van der Waals surface area contributed by atoms with Crippen LogP contribution in [-0.2, 0) is 26.1 Å². The second-order valence-corrected chi connectivity index (χ2v) is 10.1. The molecule has 3 rings (SSSR count). The summed E-state index contributed by atoms with van der Waals surface area (Å²) >= 11 is 0. The van der Waals surface area contributed by atoms with Crippen molar-refractivity contribution in [2.24, 2.45) is 5.92 Å². The topological polar surface area (TPSA) is 92.8 Å². The highest BCUT2D eigenvalue weighted by molar-refractivity contribution is 7.89. The third-order valence-corrected chi connectivity index (χ3v) is 7.34. The lowest BCUT2D eigenvalue weighted by atomic mass is 9.87. The van der Waals surface area contributed by atoms with Gasteiger partial charge >= 0.3 is 5.97 Å². The maximum absolute atomic E-state index is 12.6. The summed E-state index contributed by atoms with van der Waals surface area (Å²) in [7, 11) is -2.07. The number of carbonyl (C=O) groups is 2. The van der Waals surface area contributed by atoms with E-state index in [0.29, 0.717) is 5.92 Å². The molecule has 0 aromatic heterocycles. The summed E-state index contributed by atoms with van der Waals surface area (Å²) in [5.74, 6) is -0.311. The first-order valence-corrected chi connectivity index (χ1v) is 12.3. The molecule has 1 fully saturated rings. The molecule has 7 nitrogen and oxygen atoms in total. The Morgan fingerprint density at radius 3 is 2.41 bits per heavy atom. The minimum Gasteiger partial charge on any atom is -0.452 e. The van der Waals surface area contributed by atoms with Crippen LogP contribution in [0.5, 0.6) is 0 Å². The first kappa shape index (κ1) is 23.9. The lowest BCUT2D eigenvalue weighted by molar-refractivity contribution is -0.136. The Morgan fingerprint density at radius 1 is 1.03 bits per heavy atom. The molecule has 0 radical (unpaired) electrons. The fraction of sp³-hybridized carbons (Fsp3) is 0.417. The van der Waals surface area contributed by atoms with E-state index in [1.807, 2.05) is 30.3 Å². The SMILES string of the molecule is CC1CCC(N(C)C(=O)COC(=O)c2cccc(S(=O)(=O)NCc3ccccc3)c2)CC1. The van der Waals surface area contributed by atoms with Crippen LogP contribution in [0.4, 0.5) is 0 Å². The lowest BCUT2D eigenvalue weighted by Gasteiger charge is -2.33. The Morgan fingerprint density at radius 2 is 1.72 bits per heavy atom. The Hall–Kier alpha value is -2.71. The minimum atomic E-state index is -3.81. The lowest BCUT2D eigenvalue weighted by Crippen LogP contribution is -2.41. The number of hydrogen-bond acceptors (Lipinski definition) is 5. The number of hydrogen-bond donors (Lipinski definition) is 1. The van der Waals surface area contributed by atoms with Gasteiger partial charge in [-0.15, -0.1) is 0 Å². The number of amides is 1. The number of ether oxygens (including phenoxy) is 1. The van der Waals surface area contributed by atoms with Gasteiger partial charge in [-0.1, -0.05) is 43.3 Å². The average Bonchev–Trinajstić information content (AvgIpc) is 2.82. The molecule has 0 saturated heterocycles. The second kappa shape index (κ2) is 10.7. The molecule has 172 valence electrons. The second-order valence-electron chi connectivity index (χ2n) is 8.33. The normalized spacial score (nSPS) is 18.7. The van der Waals surface area contributed by atoms with Crippen LogP contribution in [0.1, 0.15) is 48.5 Å². The van der Waals surface area contributed by atoms with E-state index in [-0.39, 0.29) is 35.6 Å². The van der Waals surface area contributed by atoms with Crippen LogP contribution in [0.2, 0.25) is 0 Å². The van der Waals surface area contributed by atoms with Gasteiger partial charge in [-0.05, 0) is 55.4 Å². The van der Waals surface area contributed by atoms with Crippen LogP contribution >= 0.6 is 0 Å². The highest BCUT2D eigenvalue weighted by atomic mass is 32.2. The fourth-order valence-electron chi connectivity index (χ4n) is 3.79. The predicted octanol–water partition coefficient (Wildman–Crippen LogP) is 3.36. The molecule has 0 aliphatic heterocycles. The number of likely N-dealkylation sites (N-methyl/N-ethyl adjacent to an activating group) is 1. The molecule has 1 amide bonds. The highest BCUT2D eigenvalue weighted by Crippen LogP contribution is 2.26. The summed E-state index contributed by atoms with van der Waals surface area (Å²) < 4.78 is 32.9. The van der Waals surface area contributed by atoms with Crippen molar-refractivity contribution >= 4 is 21.9 Å². The van der Waals surface area contributed by atoms with Gasteiger partial charge in [-0.3, -0.25) is 4.79 Å². The number of rotatable bonds is 8. The Balaban J connectivity index is 1.57. The van der Waals surface area contributed by atoms with Crippen molar-refractivity contribution in [3.63, 3.8) is 0 Å². The van der Waals surface area contributed by atoms with Crippen molar-refractivity contribution in [3.05, 3.63) is 65.7 Å². The van der Waals surface area contributed by atoms with E-state index in [0.717, 1.165) is 31.2 Å². The summed E-state index contributed by atoms with van der Waals surface area (Å²) in [4.78, 5) is 26.5. The Labute approximate surface area is 189 Å². The molecule has 1 aliphatic carbocycles. The van der Waals surface area contributed by atoms with Gasteiger partial charge in [-0.25, -0.2) is 17.9 Å². The van der Waals surface area contributed by atoms with Crippen molar-refractivity contribution in [1.29, 1.82) is 0 Å². The van der Waals surface area contributed by atoms with Crippen molar-refractivity contribution in [1.82, 2.24) is 9.62 Å². The van der Waals surface area contributed by atoms with Crippen LogP contribution < -0.4 is 4.72 Å². The summed E-state index contributed by atoms with van der Waals surface area (Å²) in [6.45, 7) is 1.98. The zero-order valence-electron chi connectivity index (χ0n) is 18.5. The molecule has 0 atom stereocenters. The molecular weight excluding hydrogens is 428 g/mol. The third-order valence-electron chi connectivity index (χ3n) is 5.94. The first-order valence-electron chi connectivity index (χ1n) is 10.8. The van der Waals surface area contributed by atoms with Gasteiger partial charge in [0.25, 0.3) is 5.91 Å². The number of nitrogens with one attached hydrogen (secondary N) is 1. The smallest absolute Gasteiger partial charge is 0.338 e. The largest absolute Gasteiger partial charge is 0.452 e. The van der Waals surface area contributed by atoms with Gasteiger partial charge in [0.05, 0.1) is 10.5 Å². The minimum absolute atomic E-state index is 0.0392. The quantitative estimate of drug-likeness (QED) is 0.613. The van der Waals surface area contributed by atoms with Crippen molar-refractivity contribution in [2.75, 3.05) is 13.7 Å². The fourth-order valence-corrected chi connectivity index (χ4v) is 4.86. The van der Waals surface area contributed by atoms with E-state index in [9.17, 15) is 18.0 Å². The number of sulfonamides is 1. The van der Waals surface area contributed by atoms with Crippen molar-refractivity contribution in [3.8, 4) is 0 Å². The summed E-state index contributed by atoms with van der Waals surface area (Å²) in [6, 6.07) is 14.9. The van der Waals surface area contributed by atoms with Crippen LogP contribution in [0.25, 0.3) is 0 Å². The molecule has 0 bridgehead atoms. The molecule has 1 aliphatic rings. The van der Waals surface area contributed by atoms with Crippen LogP contribution in [-0.4, -0.2) is 44.9 Å². The van der Waals surface area contributed by atoms with Gasteiger partial charge in [0.15, 0.2) is 6.61 Å². The maximum atomic E-state index is 12.6. The molecule has 2 aromatic carbocycles. The van der Waals surface area contributed by atoms with E-state index >= 15 is 0 Å².